The van der Waals surface area contributed by atoms with Crippen LogP contribution in [-0.4, -0.2) is 40.1 Å². The first-order valence-corrected chi connectivity index (χ1v) is 9.10. The lowest BCUT2D eigenvalue weighted by atomic mass is 10.1. The van der Waals surface area contributed by atoms with E-state index in [0.717, 1.165) is 22.4 Å². The molecular weight excluding hydrogens is 362 g/mol. The molecule has 1 atom stereocenters. The monoisotopic (exact) mass is 379 g/mol. The van der Waals surface area contributed by atoms with Crippen molar-refractivity contribution < 1.29 is 14.7 Å². The molecule has 2 N–H and O–H groups in total. The minimum Gasteiger partial charge on any atom is -0.481 e. The van der Waals surface area contributed by atoms with Gasteiger partial charge in [0.05, 0.1) is 5.92 Å². The Morgan fingerprint density at radius 3 is 2.96 bits per heavy atom. The van der Waals surface area contributed by atoms with Crippen molar-refractivity contribution in [1.29, 1.82) is 0 Å². The second-order valence-corrected chi connectivity index (χ2v) is 7.63. The first-order chi connectivity index (χ1) is 11.9. The van der Waals surface area contributed by atoms with Gasteiger partial charge in [0.2, 0.25) is 0 Å². The molecule has 2 heterocycles. The number of carboxylic acids is 1. The number of nitrogens with zero attached hydrogens (tertiary/aromatic N) is 2. The van der Waals surface area contributed by atoms with Crippen LogP contribution in [0.5, 0.6) is 0 Å². The van der Waals surface area contributed by atoms with Crippen LogP contribution in [0.15, 0.2) is 24.4 Å². The van der Waals surface area contributed by atoms with Crippen molar-refractivity contribution in [2.45, 2.75) is 19.8 Å². The van der Waals surface area contributed by atoms with E-state index in [0.29, 0.717) is 23.1 Å². The lowest BCUT2D eigenvalue weighted by molar-refractivity contribution is -0.141. The fraction of sp³-hybridized carbons (Fsp3) is 0.353. The smallest absolute Gasteiger partial charge is 0.323 e. The van der Waals surface area contributed by atoms with Gasteiger partial charge in [-0.15, -0.1) is 11.3 Å². The zero-order valence-corrected chi connectivity index (χ0v) is 15.2. The van der Waals surface area contributed by atoms with Gasteiger partial charge in [-0.2, -0.15) is 0 Å². The van der Waals surface area contributed by atoms with Crippen LogP contribution in [0, 0.1) is 12.8 Å². The second kappa shape index (κ2) is 7.41. The number of nitrogens with one attached hydrogen (secondary N) is 1. The van der Waals surface area contributed by atoms with Gasteiger partial charge in [-0.3, -0.25) is 10.1 Å². The third kappa shape index (κ3) is 4.29. The molecule has 1 unspecified atom stereocenters. The molecule has 132 valence electrons. The Morgan fingerprint density at radius 2 is 2.28 bits per heavy atom. The van der Waals surface area contributed by atoms with Gasteiger partial charge in [0.1, 0.15) is 0 Å². The Balaban J connectivity index is 1.60. The molecule has 6 nitrogen and oxygen atoms in total. The number of carbonyl (C=O) groups excluding carboxylic acids is 1. The quantitative estimate of drug-likeness (QED) is 0.849. The molecule has 0 saturated carbocycles. The number of halogens is 1. The second-order valence-electron chi connectivity index (χ2n) is 6.08. The molecule has 2 amide bonds. The van der Waals surface area contributed by atoms with Gasteiger partial charge in [0.25, 0.3) is 0 Å². The highest BCUT2D eigenvalue weighted by atomic mass is 35.5. The number of urea groups is 1. The number of benzene rings is 1. The fourth-order valence-electron chi connectivity index (χ4n) is 2.81. The Labute approximate surface area is 154 Å². The van der Waals surface area contributed by atoms with Crippen LogP contribution in [0.3, 0.4) is 0 Å². The van der Waals surface area contributed by atoms with Gasteiger partial charge in [-0.1, -0.05) is 17.7 Å². The van der Waals surface area contributed by atoms with Crippen LogP contribution >= 0.6 is 22.9 Å². The van der Waals surface area contributed by atoms with E-state index >= 15 is 0 Å². The number of amides is 2. The number of thiazole rings is 1. The van der Waals surface area contributed by atoms with E-state index in [2.05, 4.69) is 10.3 Å². The number of aromatic nitrogens is 1. The SMILES string of the molecule is Cc1cc(Cl)ccc1Cc1cnc(NC(=O)N2CCC(C(=O)O)C2)s1. The van der Waals surface area contributed by atoms with E-state index in [1.807, 2.05) is 25.1 Å². The first kappa shape index (κ1) is 17.7. The number of hydrogen-bond donors (Lipinski definition) is 2. The Morgan fingerprint density at radius 1 is 1.48 bits per heavy atom. The zero-order valence-electron chi connectivity index (χ0n) is 13.7. The van der Waals surface area contributed by atoms with E-state index in [1.54, 1.807) is 6.20 Å². The number of aliphatic carboxylic acids is 1. The predicted molar refractivity (Wildman–Crippen MR) is 97.4 cm³/mol. The van der Waals surface area contributed by atoms with Crippen molar-refractivity contribution in [1.82, 2.24) is 9.88 Å². The number of carbonyl (C=O) groups is 2. The van der Waals surface area contributed by atoms with E-state index in [1.165, 1.54) is 16.2 Å². The Hall–Kier alpha value is -2.12. The minimum atomic E-state index is -0.856. The molecule has 8 heteroatoms. The summed E-state index contributed by atoms with van der Waals surface area (Å²) in [6.07, 6.45) is 2.96. The van der Waals surface area contributed by atoms with Crippen LogP contribution in [0.25, 0.3) is 0 Å². The normalized spacial score (nSPS) is 16.9. The molecule has 3 rings (SSSR count). The maximum absolute atomic E-state index is 12.2. The van der Waals surface area contributed by atoms with E-state index < -0.39 is 11.9 Å². The molecule has 1 aliphatic rings. The summed E-state index contributed by atoms with van der Waals surface area (Å²) >= 11 is 7.39. The molecule has 1 fully saturated rings. The number of carboxylic acid groups (broad SMARTS) is 1. The van der Waals surface area contributed by atoms with Crippen molar-refractivity contribution in [3.8, 4) is 0 Å². The molecule has 0 radical (unpaired) electrons. The molecule has 2 aromatic rings. The maximum atomic E-state index is 12.2. The Bertz CT molecular complexity index is 808. The summed E-state index contributed by atoms with van der Waals surface area (Å²) in [6.45, 7) is 2.70. The van der Waals surface area contributed by atoms with E-state index in [-0.39, 0.29) is 12.6 Å². The summed E-state index contributed by atoms with van der Waals surface area (Å²) in [6, 6.07) is 5.48. The number of aryl methyl sites for hydroxylation is 1. The average Bonchev–Trinajstić information content (AvgIpc) is 3.19. The molecule has 1 aliphatic heterocycles. The first-order valence-electron chi connectivity index (χ1n) is 7.91. The fourth-order valence-corrected chi connectivity index (χ4v) is 3.86. The van der Waals surface area contributed by atoms with Gasteiger partial charge < -0.3 is 10.0 Å². The number of likely N-dealkylation sites (tertiary alicyclic amines) is 1. The zero-order chi connectivity index (χ0) is 18.0. The van der Waals surface area contributed by atoms with Gasteiger partial charge in [0, 0.05) is 35.6 Å². The largest absolute Gasteiger partial charge is 0.481 e. The highest BCUT2D eigenvalue weighted by molar-refractivity contribution is 7.15. The van der Waals surface area contributed by atoms with E-state index in [4.69, 9.17) is 16.7 Å². The summed E-state index contributed by atoms with van der Waals surface area (Å²) in [4.78, 5) is 30.0. The van der Waals surface area contributed by atoms with Crippen LogP contribution in [0.2, 0.25) is 5.02 Å². The standard InChI is InChI=1S/C17H18ClN3O3S/c1-10-6-13(18)3-2-11(10)7-14-8-19-16(25-14)20-17(24)21-5-4-12(9-21)15(22)23/h2-3,6,8,12H,4-5,7,9H2,1H3,(H,22,23)(H,19,20,24). The average molecular weight is 380 g/mol. The topological polar surface area (TPSA) is 82.5 Å². The van der Waals surface area contributed by atoms with Crippen molar-refractivity contribution in [3.05, 3.63) is 45.4 Å². The summed E-state index contributed by atoms with van der Waals surface area (Å²) in [5.74, 6) is -1.34. The third-order valence-corrected chi connectivity index (χ3v) is 5.41. The van der Waals surface area contributed by atoms with Gasteiger partial charge >= 0.3 is 12.0 Å². The van der Waals surface area contributed by atoms with Gasteiger partial charge in [-0.05, 0) is 36.6 Å². The number of anilines is 1. The molecule has 1 aromatic carbocycles. The van der Waals surface area contributed by atoms with Crippen molar-refractivity contribution in [2.24, 2.45) is 5.92 Å². The van der Waals surface area contributed by atoms with E-state index in [9.17, 15) is 9.59 Å². The highest BCUT2D eigenvalue weighted by Crippen LogP contribution is 2.25. The van der Waals surface area contributed by atoms with Crippen LogP contribution in [0.4, 0.5) is 9.93 Å². The summed E-state index contributed by atoms with van der Waals surface area (Å²) in [5.41, 5.74) is 2.28. The van der Waals surface area contributed by atoms with Crippen LogP contribution < -0.4 is 5.32 Å². The lowest BCUT2D eigenvalue weighted by Gasteiger charge is -2.15. The lowest BCUT2D eigenvalue weighted by Crippen LogP contribution is -2.33. The number of rotatable bonds is 4. The molecular formula is C17H18ClN3O3S. The highest BCUT2D eigenvalue weighted by Gasteiger charge is 2.31. The van der Waals surface area contributed by atoms with Crippen molar-refractivity contribution in [2.75, 3.05) is 18.4 Å². The van der Waals surface area contributed by atoms with Crippen LogP contribution in [0.1, 0.15) is 22.4 Å². The van der Waals surface area contributed by atoms with Gasteiger partial charge in [0.15, 0.2) is 5.13 Å². The third-order valence-electron chi connectivity index (χ3n) is 4.26. The molecule has 0 spiro atoms. The summed E-state index contributed by atoms with van der Waals surface area (Å²) < 4.78 is 0. The molecule has 0 aliphatic carbocycles. The van der Waals surface area contributed by atoms with Crippen LogP contribution in [-0.2, 0) is 11.2 Å². The maximum Gasteiger partial charge on any atom is 0.323 e. The Kier molecular flexibility index (Phi) is 5.24. The minimum absolute atomic E-state index is 0.239. The molecule has 25 heavy (non-hydrogen) atoms. The summed E-state index contributed by atoms with van der Waals surface area (Å²) in [7, 11) is 0. The van der Waals surface area contributed by atoms with Gasteiger partial charge in [-0.25, -0.2) is 9.78 Å². The number of hydrogen-bond acceptors (Lipinski definition) is 4. The predicted octanol–water partition coefficient (Wildman–Crippen LogP) is 3.63. The molecule has 1 saturated heterocycles. The van der Waals surface area contributed by atoms with Crippen molar-refractivity contribution in [3.63, 3.8) is 0 Å². The summed E-state index contributed by atoms with van der Waals surface area (Å²) in [5, 5.41) is 13.0. The van der Waals surface area contributed by atoms with Crippen molar-refractivity contribution >= 4 is 40.1 Å². The molecule has 1 aromatic heterocycles. The molecule has 0 bridgehead atoms.